The van der Waals surface area contributed by atoms with E-state index in [-0.39, 0.29) is 24.1 Å². The first-order chi connectivity index (χ1) is 9.97. The molecular formula is C16H20N2O3. The van der Waals surface area contributed by atoms with Gasteiger partial charge < -0.3 is 10.1 Å². The number of imide groups is 1. The maximum atomic E-state index is 12.2. The van der Waals surface area contributed by atoms with Crippen molar-refractivity contribution in [2.75, 3.05) is 6.54 Å². The number of amides is 3. The van der Waals surface area contributed by atoms with E-state index in [4.69, 9.17) is 4.74 Å². The van der Waals surface area contributed by atoms with Crippen molar-refractivity contribution in [3.63, 3.8) is 0 Å². The Morgan fingerprint density at radius 2 is 1.95 bits per heavy atom. The third-order valence-electron chi connectivity index (χ3n) is 4.11. The van der Waals surface area contributed by atoms with Crippen LogP contribution in [0.4, 0.5) is 4.79 Å². The molecule has 0 bridgehead atoms. The fourth-order valence-electron chi connectivity index (χ4n) is 2.94. The van der Waals surface area contributed by atoms with Crippen LogP contribution in [0.5, 0.6) is 0 Å². The third-order valence-corrected chi connectivity index (χ3v) is 4.11. The summed E-state index contributed by atoms with van der Waals surface area (Å²) in [5.74, 6) is -0.181. The number of nitrogens with zero attached hydrogens (tertiary/aromatic N) is 1. The fraction of sp³-hybridized carbons (Fsp3) is 0.500. The van der Waals surface area contributed by atoms with Gasteiger partial charge in [0.25, 0.3) is 5.91 Å². The van der Waals surface area contributed by atoms with Crippen LogP contribution < -0.4 is 5.32 Å². The Morgan fingerprint density at radius 1 is 1.24 bits per heavy atom. The zero-order chi connectivity index (χ0) is 15.0. The molecule has 0 radical (unpaired) electrons. The van der Waals surface area contributed by atoms with Crippen molar-refractivity contribution in [3.05, 3.63) is 35.9 Å². The molecule has 0 unspecified atom stereocenters. The highest BCUT2D eigenvalue weighted by molar-refractivity contribution is 6.06. The number of carbonyl (C=O) groups excluding carboxylic acids is 2. The van der Waals surface area contributed by atoms with Crippen molar-refractivity contribution in [1.82, 2.24) is 10.2 Å². The van der Waals surface area contributed by atoms with E-state index in [0.717, 1.165) is 18.4 Å². The van der Waals surface area contributed by atoms with Crippen LogP contribution in [0.1, 0.15) is 38.4 Å². The van der Waals surface area contributed by atoms with Crippen LogP contribution in [-0.4, -0.2) is 35.0 Å². The maximum Gasteiger partial charge on any atom is 0.325 e. The minimum absolute atomic E-state index is 0.0602. The second-order valence-corrected chi connectivity index (χ2v) is 6.21. The van der Waals surface area contributed by atoms with Gasteiger partial charge in [0.05, 0.1) is 18.8 Å². The summed E-state index contributed by atoms with van der Waals surface area (Å²) < 4.78 is 6.00. The van der Waals surface area contributed by atoms with Crippen molar-refractivity contribution >= 4 is 11.9 Å². The molecule has 2 atom stereocenters. The predicted molar refractivity (Wildman–Crippen MR) is 77.6 cm³/mol. The molecule has 21 heavy (non-hydrogen) atoms. The number of nitrogens with one attached hydrogen (secondary N) is 1. The Hall–Kier alpha value is -1.88. The zero-order valence-corrected chi connectivity index (χ0v) is 12.3. The largest absolute Gasteiger partial charge is 0.368 e. The fourth-order valence-corrected chi connectivity index (χ4v) is 2.94. The third kappa shape index (κ3) is 2.65. The van der Waals surface area contributed by atoms with E-state index >= 15 is 0 Å². The van der Waals surface area contributed by atoms with Crippen LogP contribution in [0, 0.1) is 0 Å². The van der Waals surface area contributed by atoms with Crippen molar-refractivity contribution in [2.24, 2.45) is 0 Å². The van der Waals surface area contributed by atoms with Crippen LogP contribution >= 0.6 is 0 Å². The van der Waals surface area contributed by atoms with Crippen LogP contribution in [0.15, 0.2) is 30.3 Å². The van der Waals surface area contributed by atoms with Gasteiger partial charge in [-0.2, -0.15) is 0 Å². The van der Waals surface area contributed by atoms with E-state index in [9.17, 15) is 9.59 Å². The Kier molecular flexibility index (Phi) is 3.45. The first-order valence-electron chi connectivity index (χ1n) is 7.32. The lowest BCUT2D eigenvalue weighted by Crippen LogP contribution is -2.41. The topological polar surface area (TPSA) is 58.6 Å². The number of rotatable bonds is 3. The molecule has 0 aliphatic carbocycles. The number of ether oxygens (including phenoxy) is 1. The smallest absolute Gasteiger partial charge is 0.325 e. The molecule has 112 valence electrons. The number of hydrogen-bond acceptors (Lipinski definition) is 3. The highest BCUT2D eigenvalue weighted by Gasteiger charge is 2.45. The van der Waals surface area contributed by atoms with Gasteiger partial charge in [-0.3, -0.25) is 9.69 Å². The van der Waals surface area contributed by atoms with Gasteiger partial charge in [0.15, 0.2) is 0 Å². The zero-order valence-electron chi connectivity index (χ0n) is 12.3. The number of carbonyl (C=O) groups is 2. The lowest BCUT2D eigenvalue weighted by Gasteiger charge is -2.20. The van der Waals surface area contributed by atoms with Gasteiger partial charge >= 0.3 is 6.03 Å². The van der Waals surface area contributed by atoms with E-state index < -0.39 is 5.54 Å². The van der Waals surface area contributed by atoms with Crippen LogP contribution in [0.2, 0.25) is 0 Å². The van der Waals surface area contributed by atoms with Crippen LogP contribution in [-0.2, 0) is 9.53 Å². The van der Waals surface area contributed by atoms with E-state index in [1.54, 1.807) is 13.8 Å². The van der Waals surface area contributed by atoms with Gasteiger partial charge in [0.2, 0.25) is 0 Å². The molecule has 1 aromatic carbocycles. The lowest BCUT2D eigenvalue weighted by molar-refractivity contribution is -0.131. The summed E-state index contributed by atoms with van der Waals surface area (Å²) in [4.78, 5) is 25.3. The monoisotopic (exact) mass is 288 g/mol. The van der Waals surface area contributed by atoms with Gasteiger partial charge in [-0.15, -0.1) is 0 Å². The van der Waals surface area contributed by atoms with Gasteiger partial charge in [-0.1, -0.05) is 30.3 Å². The second-order valence-electron chi connectivity index (χ2n) is 6.21. The van der Waals surface area contributed by atoms with E-state index in [0.29, 0.717) is 6.54 Å². The second kappa shape index (κ2) is 5.15. The highest BCUT2D eigenvalue weighted by atomic mass is 16.5. The minimum atomic E-state index is -0.811. The standard InChI is InChI=1S/C16H20N2O3/c1-16(2)14(19)18(15(20)17-16)10-12-8-9-13(21-12)11-6-4-3-5-7-11/h3-7,12-13H,8-10H2,1-2H3,(H,17,20)/t12-,13-/m1/s1. The normalized spacial score (nSPS) is 28.0. The molecule has 2 fully saturated rings. The molecule has 3 rings (SSSR count). The summed E-state index contributed by atoms with van der Waals surface area (Å²) >= 11 is 0. The van der Waals surface area contributed by atoms with E-state index in [2.05, 4.69) is 5.32 Å². The average molecular weight is 288 g/mol. The summed E-state index contributed by atoms with van der Waals surface area (Å²) in [6, 6.07) is 9.73. The molecule has 2 aliphatic heterocycles. The quantitative estimate of drug-likeness (QED) is 0.868. The summed E-state index contributed by atoms with van der Waals surface area (Å²) in [5.41, 5.74) is 0.339. The maximum absolute atomic E-state index is 12.2. The van der Waals surface area contributed by atoms with Crippen molar-refractivity contribution < 1.29 is 14.3 Å². The van der Waals surface area contributed by atoms with Crippen molar-refractivity contribution in [2.45, 2.75) is 44.4 Å². The van der Waals surface area contributed by atoms with Crippen molar-refractivity contribution in [1.29, 1.82) is 0 Å². The van der Waals surface area contributed by atoms with Gasteiger partial charge in [-0.25, -0.2) is 4.79 Å². The summed E-state index contributed by atoms with van der Waals surface area (Å²) in [5, 5.41) is 2.69. The van der Waals surface area contributed by atoms with Gasteiger partial charge in [-0.05, 0) is 32.3 Å². The molecule has 1 aromatic rings. The van der Waals surface area contributed by atoms with E-state index in [1.165, 1.54) is 4.90 Å². The Morgan fingerprint density at radius 3 is 2.57 bits per heavy atom. The van der Waals surface area contributed by atoms with Crippen LogP contribution in [0.25, 0.3) is 0 Å². The molecule has 5 nitrogen and oxygen atoms in total. The Bertz CT molecular complexity index is 556. The first-order valence-corrected chi connectivity index (χ1v) is 7.32. The molecular weight excluding hydrogens is 268 g/mol. The number of urea groups is 1. The molecule has 0 saturated carbocycles. The molecule has 2 heterocycles. The highest BCUT2D eigenvalue weighted by Crippen LogP contribution is 2.33. The molecule has 3 amide bonds. The first kappa shape index (κ1) is 14.1. The predicted octanol–water partition coefficient (Wildman–Crippen LogP) is 2.24. The van der Waals surface area contributed by atoms with Gasteiger partial charge in [0.1, 0.15) is 5.54 Å². The number of benzene rings is 1. The van der Waals surface area contributed by atoms with Crippen molar-refractivity contribution in [3.8, 4) is 0 Å². The minimum Gasteiger partial charge on any atom is -0.368 e. The Labute approximate surface area is 124 Å². The van der Waals surface area contributed by atoms with E-state index in [1.807, 2.05) is 30.3 Å². The summed E-state index contributed by atoms with van der Waals surface area (Å²) in [7, 11) is 0. The Balaban J connectivity index is 1.63. The summed E-state index contributed by atoms with van der Waals surface area (Å²) in [6.07, 6.45) is 1.75. The average Bonchev–Trinajstić information content (AvgIpc) is 2.99. The molecule has 2 aliphatic rings. The summed E-state index contributed by atoms with van der Waals surface area (Å²) in [6.45, 7) is 3.77. The lowest BCUT2D eigenvalue weighted by atomic mass is 10.1. The van der Waals surface area contributed by atoms with Crippen LogP contribution in [0.3, 0.4) is 0 Å². The number of hydrogen-bond donors (Lipinski definition) is 1. The molecule has 5 heteroatoms. The molecule has 2 saturated heterocycles. The SMILES string of the molecule is CC1(C)NC(=O)N(C[C@H]2CC[C@H](c3ccccc3)O2)C1=O. The molecule has 1 N–H and O–H groups in total. The van der Waals surface area contributed by atoms with Gasteiger partial charge in [0, 0.05) is 0 Å². The molecule has 0 aromatic heterocycles. The molecule has 0 spiro atoms.